The Balaban J connectivity index is 1.55. The fourth-order valence-electron chi connectivity index (χ4n) is 2.31. The SMILES string of the molecule is N/C(=N\N=C\c1ccc(-c2ccncc2)cc1)NCc1ccc(O)cc1. The molecule has 0 aliphatic rings. The van der Waals surface area contributed by atoms with Crippen LogP contribution in [0.2, 0.25) is 0 Å². The molecule has 1 heterocycles. The monoisotopic (exact) mass is 345 g/mol. The number of aromatic nitrogens is 1. The van der Waals surface area contributed by atoms with E-state index in [4.69, 9.17) is 5.73 Å². The number of phenols is 1. The van der Waals surface area contributed by atoms with Crippen molar-refractivity contribution in [3.63, 3.8) is 0 Å². The average Bonchev–Trinajstić information content (AvgIpc) is 2.69. The molecule has 130 valence electrons. The van der Waals surface area contributed by atoms with Crippen LogP contribution in [0.3, 0.4) is 0 Å². The van der Waals surface area contributed by atoms with Gasteiger partial charge in [0.1, 0.15) is 5.75 Å². The Morgan fingerprint density at radius 2 is 1.62 bits per heavy atom. The van der Waals surface area contributed by atoms with E-state index in [1.807, 2.05) is 48.5 Å². The zero-order valence-corrected chi connectivity index (χ0v) is 14.1. The average molecular weight is 345 g/mol. The van der Waals surface area contributed by atoms with E-state index in [9.17, 15) is 5.11 Å². The number of guanidine groups is 1. The number of nitrogens with one attached hydrogen (secondary N) is 1. The molecular formula is C20H19N5O. The van der Waals surface area contributed by atoms with Crippen molar-refractivity contribution in [1.29, 1.82) is 0 Å². The van der Waals surface area contributed by atoms with E-state index in [0.717, 1.165) is 22.3 Å². The summed E-state index contributed by atoms with van der Waals surface area (Å²) in [6.45, 7) is 0.506. The standard InChI is InChI=1S/C20H19N5O/c21-20(23-13-15-3-7-19(26)8-4-15)25-24-14-16-1-5-17(6-2-16)18-9-11-22-12-10-18/h1-12,14,26H,13H2,(H3,21,23,25)/b24-14+. The quantitative estimate of drug-likeness (QED) is 0.376. The summed E-state index contributed by atoms with van der Waals surface area (Å²) in [6.07, 6.45) is 5.19. The minimum Gasteiger partial charge on any atom is -0.508 e. The molecule has 0 saturated heterocycles. The number of phenolic OH excluding ortho intramolecular Hbond substituents is 1. The zero-order valence-electron chi connectivity index (χ0n) is 14.1. The van der Waals surface area contributed by atoms with E-state index >= 15 is 0 Å². The number of benzene rings is 2. The predicted octanol–water partition coefficient (Wildman–Crippen LogP) is 2.89. The smallest absolute Gasteiger partial charge is 0.214 e. The molecular weight excluding hydrogens is 326 g/mol. The van der Waals surface area contributed by atoms with Crippen LogP contribution in [-0.4, -0.2) is 22.3 Å². The first-order valence-electron chi connectivity index (χ1n) is 8.09. The molecule has 4 N–H and O–H groups in total. The van der Waals surface area contributed by atoms with Crippen LogP contribution < -0.4 is 11.1 Å². The third-order valence-electron chi connectivity index (χ3n) is 3.71. The van der Waals surface area contributed by atoms with Gasteiger partial charge in [-0.05, 0) is 46.5 Å². The molecule has 0 spiro atoms. The Morgan fingerprint density at radius 3 is 2.31 bits per heavy atom. The van der Waals surface area contributed by atoms with Gasteiger partial charge in [-0.1, -0.05) is 36.4 Å². The van der Waals surface area contributed by atoms with Gasteiger partial charge in [-0.3, -0.25) is 4.98 Å². The molecule has 0 unspecified atom stereocenters. The molecule has 0 amide bonds. The first kappa shape index (κ1) is 17.2. The normalized spacial score (nSPS) is 11.6. The van der Waals surface area contributed by atoms with Crippen molar-refractivity contribution in [2.45, 2.75) is 6.54 Å². The number of nitrogens with zero attached hydrogens (tertiary/aromatic N) is 3. The number of hydrogen-bond acceptors (Lipinski definition) is 4. The van der Waals surface area contributed by atoms with Crippen molar-refractivity contribution in [1.82, 2.24) is 10.3 Å². The molecule has 0 aliphatic heterocycles. The van der Waals surface area contributed by atoms with Crippen molar-refractivity contribution in [2.75, 3.05) is 0 Å². The number of pyridine rings is 1. The Labute approximate surface area is 151 Å². The molecule has 0 radical (unpaired) electrons. The van der Waals surface area contributed by atoms with Crippen LogP contribution in [0.4, 0.5) is 0 Å². The highest BCUT2D eigenvalue weighted by molar-refractivity contribution is 5.83. The lowest BCUT2D eigenvalue weighted by molar-refractivity contribution is 0.475. The van der Waals surface area contributed by atoms with Crippen LogP contribution >= 0.6 is 0 Å². The number of aromatic hydroxyl groups is 1. The third-order valence-corrected chi connectivity index (χ3v) is 3.71. The van der Waals surface area contributed by atoms with Gasteiger partial charge in [-0.25, -0.2) is 0 Å². The van der Waals surface area contributed by atoms with E-state index in [-0.39, 0.29) is 11.7 Å². The first-order valence-corrected chi connectivity index (χ1v) is 8.09. The second kappa shape index (κ2) is 8.43. The second-order valence-electron chi connectivity index (χ2n) is 5.61. The minimum absolute atomic E-state index is 0.225. The van der Waals surface area contributed by atoms with Crippen LogP contribution in [0.1, 0.15) is 11.1 Å². The molecule has 0 fully saturated rings. The van der Waals surface area contributed by atoms with Crippen LogP contribution in [0.15, 0.2) is 83.3 Å². The molecule has 3 aromatic rings. The summed E-state index contributed by atoms with van der Waals surface area (Å²) < 4.78 is 0. The van der Waals surface area contributed by atoms with Gasteiger partial charge < -0.3 is 16.2 Å². The van der Waals surface area contributed by atoms with Crippen molar-refractivity contribution >= 4 is 12.2 Å². The van der Waals surface area contributed by atoms with Gasteiger partial charge in [0.2, 0.25) is 5.96 Å². The summed E-state index contributed by atoms with van der Waals surface area (Å²) >= 11 is 0. The largest absolute Gasteiger partial charge is 0.508 e. The Bertz CT molecular complexity index is 888. The van der Waals surface area contributed by atoms with Crippen molar-refractivity contribution < 1.29 is 5.11 Å². The Morgan fingerprint density at radius 1 is 0.962 bits per heavy atom. The van der Waals surface area contributed by atoms with Crippen LogP contribution in [0.5, 0.6) is 5.75 Å². The molecule has 0 saturated carbocycles. The summed E-state index contributed by atoms with van der Waals surface area (Å²) in [5.41, 5.74) is 9.93. The first-order chi connectivity index (χ1) is 12.7. The molecule has 6 nitrogen and oxygen atoms in total. The fraction of sp³-hybridized carbons (Fsp3) is 0.0500. The van der Waals surface area contributed by atoms with Gasteiger partial charge in [-0.15, -0.1) is 5.10 Å². The summed E-state index contributed by atoms with van der Waals surface area (Å²) in [6, 6.07) is 18.8. The third kappa shape index (κ3) is 4.91. The van der Waals surface area contributed by atoms with Crippen LogP contribution in [-0.2, 0) is 6.54 Å². The lowest BCUT2D eigenvalue weighted by atomic mass is 10.1. The number of rotatable bonds is 5. The summed E-state index contributed by atoms with van der Waals surface area (Å²) in [7, 11) is 0. The number of hydrogen-bond donors (Lipinski definition) is 3. The molecule has 26 heavy (non-hydrogen) atoms. The topological polar surface area (TPSA) is 95.9 Å². The highest BCUT2D eigenvalue weighted by Gasteiger charge is 1.97. The van der Waals surface area contributed by atoms with Gasteiger partial charge in [-0.2, -0.15) is 5.10 Å². The van der Waals surface area contributed by atoms with Crippen molar-refractivity contribution in [3.8, 4) is 16.9 Å². The van der Waals surface area contributed by atoms with E-state index < -0.39 is 0 Å². The van der Waals surface area contributed by atoms with Gasteiger partial charge in [0.25, 0.3) is 0 Å². The molecule has 0 atom stereocenters. The van der Waals surface area contributed by atoms with Gasteiger partial charge in [0, 0.05) is 18.9 Å². The lowest BCUT2D eigenvalue weighted by Gasteiger charge is -2.04. The van der Waals surface area contributed by atoms with E-state index in [1.54, 1.807) is 30.7 Å². The molecule has 6 heteroatoms. The molecule has 0 aliphatic carbocycles. The second-order valence-corrected chi connectivity index (χ2v) is 5.61. The van der Waals surface area contributed by atoms with Crippen LogP contribution in [0.25, 0.3) is 11.1 Å². The van der Waals surface area contributed by atoms with Crippen LogP contribution in [0, 0.1) is 0 Å². The fourth-order valence-corrected chi connectivity index (χ4v) is 2.31. The summed E-state index contributed by atoms with van der Waals surface area (Å²) in [5, 5.41) is 20.1. The Kier molecular flexibility index (Phi) is 5.57. The lowest BCUT2D eigenvalue weighted by Crippen LogP contribution is -2.30. The molecule has 1 aromatic heterocycles. The van der Waals surface area contributed by atoms with Gasteiger partial charge in [0.15, 0.2) is 0 Å². The predicted molar refractivity (Wildman–Crippen MR) is 104 cm³/mol. The molecule has 2 aromatic carbocycles. The van der Waals surface area contributed by atoms with Gasteiger partial charge in [0.05, 0.1) is 6.21 Å². The summed E-state index contributed by atoms with van der Waals surface area (Å²) in [5.74, 6) is 0.456. The highest BCUT2D eigenvalue weighted by Crippen LogP contribution is 2.18. The zero-order chi connectivity index (χ0) is 18.2. The van der Waals surface area contributed by atoms with E-state index in [0.29, 0.717) is 6.54 Å². The van der Waals surface area contributed by atoms with Crippen molar-refractivity contribution in [2.24, 2.45) is 15.9 Å². The molecule has 3 rings (SSSR count). The van der Waals surface area contributed by atoms with E-state index in [1.165, 1.54) is 0 Å². The maximum atomic E-state index is 9.25. The highest BCUT2D eigenvalue weighted by atomic mass is 16.3. The number of nitrogens with two attached hydrogens (primary N) is 1. The van der Waals surface area contributed by atoms with E-state index in [2.05, 4.69) is 20.5 Å². The maximum absolute atomic E-state index is 9.25. The summed E-state index contributed by atoms with van der Waals surface area (Å²) in [4.78, 5) is 4.02. The van der Waals surface area contributed by atoms with Crippen molar-refractivity contribution in [3.05, 3.63) is 84.2 Å². The Hall–Kier alpha value is -3.67. The minimum atomic E-state index is 0.225. The maximum Gasteiger partial charge on any atom is 0.214 e. The van der Waals surface area contributed by atoms with Gasteiger partial charge >= 0.3 is 0 Å². The molecule has 0 bridgehead atoms.